The van der Waals surface area contributed by atoms with Crippen LogP contribution in [0.1, 0.15) is 43.1 Å². The molecule has 0 amide bonds. The van der Waals surface area contributed by atoms with Crippen molar-refractivity contribution in [3.05, 3.63) is 100 Å². The molecule has 0 bridgehead atoms. The molecule has 1 aromatic heterocycles. The van der Waals surface area contributed by atoms with E-state index in [0.29, 0.717) is 22.6 Å². The van der Waals surface area contributed by atoms with Crippen LogP contribution in [0.25, 0.3) is 10.9 Å². The normalized spacial score (nSPS) is 12.2. The summed E-state index contributed by atoms with van der Waals surface area (Å²) in [4.78, 5) is 30.4. The van der Waals surface area contributed by atoms with Crippen LogP contribution in [0.5, 0.6) is 11.5 Å². The highest BCUT2D eigenvalue weighted by Crippen LogP contribution is 2.33. The minimum atomic E-state index is -0.00764. The zero-order valence-electron chi connectivity index (χ0n) is 18.6. The van der Waals surface area contributed by atoms with Gasteiger partial charge >= 0.3 is 0 Å². The molecular formula is C28H23NO4. The second-order valence-corrected chi connectivity index (χ2v) is 8.39. The molecule has 0 aliphatic carbocycles. The Bertz CT molecular complexity index is 1410. The number of carbonyl (C=O) groups is 2. The number of hydrogen-bond donors (Lipinski definition) is 0. The molecule has 164 valence electrons. The lowest BCUT2D eigenvalue weighted by molar-refractivity contribution is 0.0986. The van der Waals surface area contributed by atoms with Gasteiger partial charge in [-0.05, 0) is 73.0 Å². The minimum Gasteiger partial charge on any atom is -0.454 e. The molecule has 0 saturated heterocycles. The smallest absolute Gasteiger partial charge is 0.231 e. The highest BCUT2D eigenvalue weighted by molar-refractivity contribution is 6.01. The van der Waals surface area contributed by atoms with Gasteiger partial charge in [-0.15, -0.1) is 0 Å². The van der Waals surface area contributed by atoms with E-state index >= 15 is 0 Å². The van der Waals surface area contributed by atoms with Gasteiger partial charge in [0.15, 0.2) is 23.1 Å². The van der Waals surface area contributed by atoms with Gasteiger partial charge in [0.1, 0.15) is 0 Å². The summed E-state index contributed by atoms with van der Waals surface area (Å²) in [5, 5.41) is 0.950. The number of aromatic nitrogens is 1. The van der Waals surface area contributed by atoms with Crippen molar-refractivity contribution in [3.8, 4) is 11.5 Å². The fourth-order valence-electron chi connectivity index (χ4n) is 4.06. The van der Waals surface area contributed by atoms with Crippen molar-refractivity contribution < 1.29 is 19.1 Å². The third-order valence-corrected chi connectivity index (χ3v) is 5.97. The third-order valence-electron chi connectivity index (χ3n) is 5.97. The van der Waals surface area contributed by atoms with Crippen molar-refractivity contribution in [1.29, 1.82) is 0 Å². The van der Waals surface area contributed by atoms with Gasteiger partial charge < -0.3 is 9.47 Å². The van der Waals surface area contributed by atoms with Gasteiger partial charge in [-0.2, -0.15) is 0 Å². The average Bonchev–Trinajstić information content (AvgIpc) is 3.28. The molecule has 0 N–H and O–H groups in total. The van der Waals surface area contributed by atoms with Crippen molar-refractivity contribution in [2.45, 2.75) is 26.7 Å². The van der Waals surface area contributed by atoms with E-state index in [1.54, 1.807) is 18.2 Å². The molecule has 1 aliphatic rings. The number of nitrogens with zero attached hydrogens (tertiary/aromatic N) is 1. The second-order valence-electron chi connectivity index (χ2n) is 8.39. The number of hydrogen-bond acceptors (Lipinski definition) is 5. The van der Waals surface area contributed by atoms with E-state index in [2.05, 4.69) is 4.98 Å². The lowest BCUT2D eigenvalue weighted by Crippen LogP contribution is -2.08. The first-order valence-corrected chi connectivity index (χ1v) is 10.9. The Balaban J connectivity index is 1.33. The lowest BCUT2D eigenvalue weighted by Gasteiger charge is -2.10. The molecule has 0 spiro atoms. The number of ketones is 2. The van der Waals surface area contributed by atoms with Crippen LogP contribution < -0.4 is 9.47 Å². The number of fused-ring (bicyclic) bond motifs is 2. The molecule has 0 saturated carbocycles. The van der Waals surface area contributed by atoms with Crippen molar-refractivity contribution in [2.75, 3.05) is 6.79 Å². The van der Waals surface area contributed by atoms with Gasteiger partial charge in [0.2, 0.25) is 6.79 Å². The van der Waals surface area contributed by atoms with Crippen LogP contribution in [0.4, 0.5) is 0 Å². The van der Waals surface area contributed by atoms with Gasteiger partial charge in [-0.25, -0.2) is 0 Å². The summed E-state index contributed by atoms with van der Waals surface area (Å²) in [6.07, 6.45) is 0.533. The highest BCUT2D eigenvalue weighted by Gasteiger charge is 2.17. The number of Topliss-reactive ketones (excluding diaryl/α,β-unsaturated/α-hetero) is 2. The largest absolute Gasteiger partial charge is 0.454 e. The Hall–Kier alpha value is -3.99. The van der Waals surface area contributed by atoms with Crippen molar-refractivity contribution in [3.63, 3.8) is 0 Å². The quantitative estimate of drug-likeness (QED) is 0.376. The zero-order chi connectivity index (χ0) is 22.9. The predicted molar refractivity (Wildman–Crippen MR) is 126 cm³/mol. The molecule has 1 aliphatic heterocycles. The van der Waals surface area contributed by atoms with E-state index in [1.807, 2.05) is 62.4 Å². The summed E-state index contributed by atoms with van der Waals surface area (Å²) in [6.45, 7) is 4.11. The minimum absolute atomic E-state index is 0.00764. The van der Waals surface area contributed by atoms with Crippen LogP contribution in [0.15, 0.2) is 66.7 Å². The molecule has 0 atom stereocenters. The first kappa shape index (κ1) is 20.9. The predicted octanol–water partition coefficient (Wildman–Crippen LogP) is 5.43. The van der Waals surface area contributed by atoms with E-state index in [0.717, 1.165) is 33.3 Å². The Labute approximate surface area is 192 Å². The van der Waals surface area contributed by atoms with Gasteiger partial charge in [0.25, 0.3) is 0 Å². The molecule has 5 heteroatoms. The molecule has 0 unspecified atom stereocenters. The van der Waals surface area contributed by atoms with Gasteiger partial charge in [-0.3, -0.25) is 14.6 Å². The summed E-state index contributed by atoms with van der Waals surface area (Å²) in [6, 6.07) is 20.7. The summed E-state index contributed by atoms with van der Waals surface area (Å²) in [7, 11) is 0. The topological polar surface area (TPSA) is 65.5 Å². The molecule has 2 heterocycles. The van der Waals surface area contributed by atoms with Crippen LogP contribution in [0.2, 0.25) is 0 Å². The van der Waals surface area contributed by atoms with E-state index in [1.165, 1.54) is 0 Å². The molecule has 3 aromatic carbocycles. The first-order chi connectivity index (χ1) is 16.0. The molecule has 5 nitrogen and oxygen atoms in total. The molecular weight excluding hydrogens is 414 g/mol. The maximum atomic E-state index is 13.0. The number of carbonyl (C=O) groups excluding carboxylic acids is 2. The number of pyridine rings is 1. The highest BCUT2D eigenvalue weighted by atomic mass is 16.7. The monoisotopic (exact) mass is 437 g/mol. The Morgan fingerprint density at radius 3 is 2.42 bits per heavy atom. The second kappa shape index (κ2) is 8.51. The lowest BCUT2D eigenvalue weighted by atomic mass is 9.94. The van der Waals surface area contributed by atoms with Crippen LogP contribution in [-0.4, -0.2) is 23.3 Å². The Kier molecular flexibility index (Phi) is 5.38. The fraction of sp³-hybridized carbons (Fsp3) is 0.179. The first-order valence-electron chi connectivity index (χ1n) is 10.9. The molecule has 33 heavy (non-hydrogen) atoms. The molecule has 5 rings (SSSR count). The summed E-state index contributed by atoms with van der Waals surface area (Å²) >= 11 is 0. The fourth-order valence-corrected chi connectivity index (χ4v) is 4.06. The van der Waals surface area contributed by atoms with Crippen LogP contribution in [-0.2, 0) is 12.8 Å². The standard InChI is InChI=1S/C28H23NO4/c1-17-3-5-19(12-25(30)22-8-10-27-28(15-22)33-16-32-27)11-23(17)14-26(31)21-7-9-24-20(13-21)6-4-18(2)29-24/h3-11,13,15H,12,14,16H2,1-2H3. The SMILES string of the molecule is Cc1ccc2cc(C(=O)Cc3cc(CC(=O)c4ccc5c(c4)OCO5)ccc3C)ccc2n1. The van der Waals surface area contributed by atoms with Crippen LogP contribution in [0.3, 0.4) is 0 Å². The van der Waals surface area contributed by atoms with Gasteiger partial charge in [-0.1, -0.05) is 24.3 Å². The number of ether oxygens (including phenoxy) is 2. The molecule has 0 fully saturated rings. The maximum Gasteiger partial charge on any atom is 0.231 e. The Morgan fingerprint density at radius 2 is 1.55 bits per heavy atom. The van der Waals surface area contributed by atoms with Gasteiger partial charge in [0.05, 0.1) is 5.52 Å². The van der Waals surface area contributed by atoms with E-state index < -0.39 is 0 Å². The number of rotatable bonds is 6. The van der Waals surface area contributed by atoms with Gasteiger partial charge in [0, 0.05) is 35.0 Å². The van der Waals surface area contributed by atoms with Crippen molar-refractivity contribution in [2.24, 2.45) is 0 Å². The maximum absolute atomic E-state index is 13.0. The van der Waals surface area contributed by atoms with Crippen molar-refractivity contribution >= 4 is 22.5 Å². The number of aryl methyl sites for hydroxylation is 2. The number of benzene rings is 3. The zero-order valence-corrected chi connectivity index (χ0v) is 18.6. The molecule has 0 radical (unpaired) electrons. The van der Waals surface area contributed by atoms with E-state index in [-0.39, 0.29) is 31.2 Å². The summed E-state index contributed by atoms with van der Waals surface area (Å²) < 4.78 is 10.7. The molecule has 4 aromatic rings. The van der Waals surface area contributed by atoms with Crippen LogP contribution in [0, 0.1) is 13.8 Å². The van der Waals surface area contributed by atoms with E-state index in [9.17, 15) is 9.59 Å². The Morgan fingerprint density at radius 1 is 0.788 bits per heavy atom. The average molecular weight is 437 g/mol. The summed E-state index contributed by atoms with van der Waals surface area (Å²) in [5.41, 5.74) is 5.91. The van der Waals surface area contributed by atoms with E-state index in [4.69, 9.17) is 9.47 Å². The van der Waals surface area contributed by atoms with Crippen LogP contribution >= 0.6 is 0 Å². The third kappa shape index (κ3) is 4.35. The van der Waals surface area contributed by atoms with Crippen molar-refractivity contribution in [1.82, 2.24) is 4.98 Å². The summed E-state index contributed by atoms with van der Waals surface area (Å²) in [5.74, 6) is 1.28.